The lowest BCUT2D eigenvalue weighted by atomic mass is 9.98. The fraction of sp³-hybridized carbons (Fsp3) is 0.304. The van der Waals surface area contributed by atoms with Crippen LogP contribution in [0.2, 0.25) is 0 Å². The summed E-state index contributed by atoms with van der Waals surface area (Å²) in [5.41, 5.74) is 2.47. The molecule has 1 aliphatic carbocycles. The molecule has 2 amide bonds. The van der Waals surface area contributed by atoms with Gasteiger partial charge in [0.15, 0.2) is 10.9 Å². The molecule has 10 nitrogen and oxygen atoms in total. The number of anilines is 2. The van der Waals surface area contributed by atoms with E-state index in [9.17, 15) is 27.2 Å². The Kier molecular flexibility index (Phi) is 7.25. The SMILES string of the molecule is CC(=O)N(C)c1c(F)c(C)c(-c2ccc3nc(NC(=O)[C@@H]4C[C@@H]4F)sc3n2)c2cn[nH]c12.O=C(O)C(F)(F)F. The number of carbonyl (C=O) groups is 3. The molecule has 0 unspecified atom stereocenters. The summed E-state index contributed by atoms with van der Waals surface area (Å²) in [5.74, 6) is -4.61. The number of rotatable bonds is 4. The number of aromatic amines is 1. The molecule has 0 saturated heterocycles. The van der Waals surface area contributed by atoms with Crippen molar-refractivity contribution in [1.29, 1.82) is 0 Å². The monoisotopic (exact) mass is 570 g/mol. The number of nitrogens with one attached hydrogen (secondary N) is 2. The third-order valence-corrected chi connectivity index (χ3v) is 6.78. The highest BCUT2D eigenvalue weighted by Gasteiger charge is 2.44. The Morgan fingerprint density at radius 2 is 1.87 bits per heavy atom. The quantitative estimate of drug-likeness (QED) is 0.305. The molecule has 0 radical (unpaired) electrons. The van der Waals surface area contributed by atoms with Gasteiger partial charge in [-0.1, -0.05) is 11.3 Å². The highest BCUT2D eigenvalue weighted by molar-refractivity contribution is 7.22. The maximum atomic E-state index is 15.4. The van der Waals surface area contributed by atoms with Gasteiger partial charge in [0.1, 0.15) is 22.2 Å². The zero-order valence-electron chi connectivity index (χ0n) is 20.4. The van der Waals surface area contributed by atoms with Crippen LogP contribution in [-0.4, -0.2) is 62.5 Å². The molecule has 2 atom stereocenters. The first-order valence-corrected chi connectivity index (χ1v) is 11.9. The number of fused-ring (bicyclic) bond motifs is 2. The van der Waals surface area contributed by atoms with E-state index in [4.69, 9.17) is 9.90 Å². The summed E-state index contributed by atoms with van der Waals surface area (Å²) in [5, 5.41) is 17.6. The smallest absolute Gasteiger partial charge is 0.475 e. The van der Waals surface area contributed by atoms with Crippen LogP contribution in [0.5, 0.6) is 0 Å². The van der Waals surface area contributed by atoms with Gasteiger partial charge in [-0.15, -0.1) is 0 Å². The Balaban J connectivity index is 0.000000448. The van der Waals surface area contributed by atoms with Crippen LogP contribution in [0, 0.1) is 18.7 Å². The summed E-state index contributed by atoms with van der Waals surface area (Å²) in [6.07, 6.45) is -4.37. The number of nitrogens with zero attached hydrogens (tertiary/aromatic N) is 4. The van der Waals surface area contributed by atoms with Gasteiger partial charge >= 0.3 is 12.1 Å². The third kappa shape index (κ3) is 5.50. The standard InChI is InChI=1S/C21H18F2N6O2S.C2HF3O2/c1-8-15(11-7-24-28-17(11)18(16(8)23)29(3)9(2)30)13-4-5-14-20(25-13)32-21(26-14)27-19(31)10-6-12(10)22;3-2(4,5)1(6)7/h4-5,7,10,12H,6H2,1-3H3,(H,24,28)(H,26,27,31);(H,6,7)/t10-,12+;/m1./s1. The molecule has 16 heteroatoms. The van der Waals surface area contributed by atoms with Crippen molar-refractivity contribution >= 4 is 61.2 Å². The highest BCUT2D eigenvalue weighted by atomic mass is 32.1. The molecule has 3 N–H and O–H groups in total. The van der Waals surface area contributed by atoms with Crippen molar-refractivity contribution in [3.05, 3.63) is 29.7 Å². The minimum atomic E-state index is -5.08. The fourth-order valence-corrected chi connectivity index (χ4v) is 4.54. The number of carboxylic acids is 1. The van der Waals surface area contributed by atoms with Gasteiger partial charge in [-0.05, 0) is 31.0 Å². The number of amides is 2. The molecule has 206 valence electrons. The predicted octanol–water partition coefficient (Wildman–Crippen LogP) is 4.59. The lowest BCUT2D eigenvalue weighted by molar-refractivity contribution is -0.192. The van der Waals surface area contributed by atoms with Crippen LogP contribution < -0.4 is 10.2 Å². The molecular weight excluding hydrogens is 551 g/mol. The van der Waals surface area contributed by atoms with Crippen molar-refractivity contribution in [3.8, 4) is 11.3 Å². The van der Waals surface area contributed by atoms with Crippen LogP contribution >= 0.6 is 11.3 Å². The average Bonchev–Trinajstić information content (AvgIpc) is 3.22. The third-order valence-electron chi connectivity index (χ3n) is 5.90. The molecule has 39 heavy (non-hydrogen) atoms. The average molecular weight is 571 g/mol. The number of aromatic nitrogens is 4. The molecule has 1 aromatic carbocycles. The second kappa shape index (κ2) is 10.2. The maximum absolute atomic E-state index is 15.4. The Hall–Kier alpha value is -4.21. The van der Waals surface area contributed by atoms with E-state index in [0.29, 0.717) is 43.2 Å². The van der Waals surface area contributed by atoms with E-state index >= 15 is 4.39 Å². The number of pyridine rings is 1. The largest absolute Gasteiger partial charge is 0.490 e. The lowest BCUT2D eigenvalue weighted by Gasteiger charge is -2.20. The van der Waals surface area contributed by atoms with Crippen LogP contribution in [0.3, 0.4) is 0 Å². The number of hydrogen-bond acceptors (Lipinski definition) is 7. The Morgan fingerprint density at radius 1 is 1.23 bits per heavy atom. The van der Waals surface area contributed by atoms with Gasteiger partial charge in [0.05, 0.1) is 23.3 Å². The van der Waals surface area contributed by atoms with Crippen molar-refractivity contribution in [2.24, 2.45) is 5.92 Å². The number of H-pyrrole nitrogens is 1. The van der Waals surface area contributed by atoms with E-state index in [0.717, 1.165) is 11.3 Å². The van der Waals surface area contributed by atoms with Crippen molar-refractivity contribution < 1.29 is 41.4 Å². The number of carbonyl (C=O) groups excluding carboxylic acids is 2. The molecule has 1 saturated carbocycles. The summed E-state index contributed by atoms with van der Waals surface area (Å²) in [6, 6.07) is 3.45. The van der Waals surface area contributed by atoms with E-state index < -0.39 is 30.1 Å². The van der Waals surface area contributed by atoms with Gasteiger partial charge in [0.25, 0.3) is 0 Å². The molecule has 0 spiro atoms. The van der Waals surface area contributed by atoms with Crippen LogP contribution in [0.15, 0.2) is 18.3 Å². The number of alkyl halides is 4. The predicted molar refractivity (Wildman–Crippen MR) is 132 cm³/mol. The molecule has 1 fully saturated rings. The lowest BCUT2D eigenvalue weighted by Crippen LogP contribution is -2.24. The van der Waals surface area contributed by atoms with Gasteiger partial charge in [0.2, 0.25) is 11.8 Å². The van der Waals surface area contributed by atoms with E-state index in [1.165, 1.54) is 18.9 Å². The maximum Gasteiger partial charge on any atom is 0.490 e. The van der Waals surface area contributed by atoms with Gasteiger partial charge in [-0.2, -0.15) is 18.3 Å². The van der Waals surface area contributed by atoms with Gasteiger partial charge in [0, 0.05) is 24.9 Å². The zero-order chi connectivity index (χ0) is 28.8. The number of halogens is 5. The van der Waals surface area contributed by atoms with Crippen molar-refractivity contribution in [2.45, 2.75) is 32.6 Å². The molecule has 0 aliphatic heterocycles. The molecule has 3 aromatic heterocycles. The van der Waals surface area contributed by atoms with E-state index in [1.54, 1.807) is 25.3 Å². The topological polar surface area (TPSA) is 141 Å². The van der Waals surface area contributed by atoms with Crippen molar-refractivity contribution in [2.75, 3.05) is 17.3 Å². The number of hydrogen-bond donors (Lipinski definition) is 3. The Morgan fingerprint density at radius 3 is 2.44 bits per heavy atom. The molecule has 5 rings (SSSR count). The van der Waals surface area contributed by atoms with Gasteiger partial charge in [-0.25, -0.2) is 23.5 Å². The molecular formula is C23H19F5N6O4S. The van der Waals surface area contributed by atoms with Crippen molar-refractivity contribution in [1.82, 2.24) is 20.2 Å². The summed E-state index contributed by atoms with van der Waals surface area (Å²) in [7, 11) is 1.50. The minimum absolute atomic E-state index is 0.126. The summed E-state index contributed by atoms with van der Waals surface area (Å²) in [4.78, 5) is 43.5. The normalized spacial score (nSPS) is 16.5. The first-order valence-electron chi connectivity index (χ1n) is 11.1. The minimum Gasteiger partial charge on any atom is -0.475 e. The van der Waals surface area contributed by atoms with Gasteiger partial charge < -0.3 is 15.3 Å². The van der Waals surface area contributed by atoms with E-state index in [1.807, 2.05) is 0 Å². The highest BCUT2D eigenvalue weighted by Crippen LogP contribution is 2.40. The number of aliphatic carboxylic acids is 1. The van der Waals surface area contributed by atoms with Crippen LogP contribution in [0.1, 0.15) is 18.9 Å². The molecule has 1 aliphatic rings. The summed E-state index contributed by atoms with van der Waals surface area (Å²) < 4.78 is 60.2. The summed E-state index contributed by atoms with van der Waals surface area (Å²) >= 11 is 1.16. The molecule has 4 aromatic rings. The second-order valence-corrected chi connectivity index (χ2v) is 9.57. The van der Waals surface area contributed by atoms with E-state index in [2.05, 4.69) is 25.5 Å². The summed E-state index contributed by atoms with van der Waals surface area (Å²) in [6.45, 7) is 2.99. The number of benzene rings is 1. The van der Waals surface area contributed by atoms with Crippen LogP contribution in [-0.2, 0) is 14.4 Å². The molecule has 3 heterocycles. The fourth-order valence-electron chi connectivity index (χ4n) is 3.70. The van der Waals surface area contributed by atoms with Gasteiger partial charge in [-0.3, -0.25) is 14.7 Å². The van der Waals surface area contributed by atoms with E-state index in [-0.39, 0.29) is 23.9 Å². The Labute approximate surface area is 219 Å². The zero-order valence-corrected chi connectivity index (χ0v) is 21.2. The number of thiazole rings is 1. The second-order valence-electron chi connectivity index (χ2n) is 8.59. The first kappa shape index (κ1) is 27.8. The Bertz CT molecular complexity index is 1620. The van der Waals surface area contributed by atoms with Crippen LogP contribution in [0.25, 0.3) is 32.5 Å². The number of carboxylic acid groups (broad SMARTS) is 1. The first-order chi connectivity index (χ1) is 18.2. The van der Waals surface area contributed by atoms with Crippen LogP contribution in [0.4, 0.5) is 32.8 Å². The van der Waals surface area contributed by atoms with Crippen molar-refractivity contribution in [3.63, 3.8) is 0 Å². The molecule has 0 bridgehead atoms.